The molecule has 1 aromatic heterocycles. The highest BCUT2D eigenvalue weighted by Gasteiger charge is 2.16. The largest absolute Gasteiger partial charge is 0.420 e. The molecule has 0 radical (unpaired) electrons. The first kappa shape index (κ1) is 15.5. The van der Waals surface area contributed by atoms with Crippen LogP contribution in [-0.2, 0) is 11.3 Å². The van der Waals surface area contributed by atoms with Crippen LogP contribution in [0.5, 0.6) is 0 Å². The van der Waals surface area contributed by atoms with Crippen LogP contribution in [0.3, 0.4) is 0 Å². The Labute approximate surface area is 135 Å². The lowest BCUT2D eigenvalue weighted by Crippen LogP contribution is -2.24. The Morgan fingerprint density at radius 1 is 1.25 bits per heavy atom. The number of oxazole rings is 1. The fourth-order valence-corrected chi connectivity index (χ4v) is 2.29. The van der Waals surface area contributed by atoms with Gasteiger partial charge in [0.25, 0.3) is 5.69 Å². The summed E-state index contributed by atoms with van der Waals surface area (Å²) in [4.78, 5) is 34.3. The number of hydrogen-bond donors (Lipinski definition) is 1. The maximum atomic E-state index is 12.1. The Balaban J connectivity index is 1.88. The molecular formula is C16H13N3O5. The molecule has 0 atom stereocenters. The molecule has 122 valence electrons. The smallest absolute Gasteiger partial charge is 0.408 e. The van der Waals surface area contributed by atoms with Crippen molar-refractivity contribution < 1.29 is 14.1 Å². The number of nitrogens with zero attached hydrogens (tertiary/aromatic N) is 2. The number of nitrogens with one attached hydrogen (secondary N) is 1. The first-order valence-electron chi connectivity index (χ1n) is 7.08. The van der Waals surface area contributed by atoms with Crippen molar-refractivity contribution in [1.82, 2.24) is 4.57 Å². The minimum Gasteiger partial charge on any atom is -0.408 e. The number of aryl methyl sites for hydroxylation is 1. The first-order chi connectivity index (χ1) is 11.4. The van der Waals surface area contributed by atoms with Crippen molar-refractivity contribution in [3.8, 4) is 0 Å². The van der Waals surface area contributed by atoms with E-state index in [4.69, 9.17) is 4.42 Å². The summed E-state index contributed by atoms with van der Waals surface area (Å²) in [5, 5.41) is 13.5. The highest BCUT2D eigenvalue weighted by atomic mass is 16.6. The standard InChI is InChI=1S/C16H13N3O5/c1-10-2-4-11(5-3-10)17-15(20)9-18-13-8-12(19(22)23)6-7-14(13)24-16(18)21/h2-8H,9H2,1H3,(H,17,20). The minimum absolute atomic E-state index is 0.184. The van der Waals surface area contributed by atoms with Crippen LogP contribution in [0.4, 0.5) is 11.4 Å². The molecule has 0 saturated carbocycles. The summed E-state index contributed by atoms with van der Waals surface area (Å²) >= 11 is 0. The highest BCUT2D eigenvalue weighted by Crippen LogP contribution is 2.20. The van der Waals surface area contributed by atoms with E-state index in [1.54, 1.807) is 12.1 Å². The van der Waals surface area contributed by atoms with Gasteiger partial charge in [0.2, 0.25) is 5.91 Å². The van der Waals surface area contributed by atoms with E-state index in [1.807, 2.05) is 19.1 Å². The number of amides is 1. The SMILES string of the molecule is Cc1ccc(NC(=O)Cn2c(=O)oc3ccc([N+](=O)[O-])cc32)cc1. The lowest BCUT2D eigenvalue weighted by molar-refractivity contribution is -0.384. The topological polar surface area (TPSA) is 107 Å². The number of hydrogen-bond acceptors (Lipinski definition) is 5. The Kier molecular flexibility index (Phi) is 3.87. The average molecular weight is 327 g/mol. The van der Waals surface area contributed by atoms with Gasteiger partial charge in [-0.1, -0.05) is 17.7 Å². The predicted molar refractivity (Wildman–Crippen MR) is 86.9 cm³/mol. The number of benzene rings is 2. The molecule has 3 aromatic rings. The van der Waals surface area contributed by atoms with Crippen molar-refractivity contribution in [3.63, 3.8) is 0 Å². The maximum absolute atomic E-state index is 12.1. The van der Waals surface area contributed by atoms with Gasteiger partial charge in [-0.2, -0.15) is 0 Å². The lowest BCUT2D eigenvalue weighted by atomic mass is 10.2. The van der Waals surface area contributed by atoms with E-state index >= 15 is 0 Å². The Morgan fingerprint density at radius 3 is 2.62 bits per heavy atom. The van der Waals surface area contributed by atoms with Crippen molar-refractivity contribution in [2.24, 2.45) is 0 Å². The Bertz CT molecular complexity index is 985. The molecule has 0 aliphatic rings. The van der Waals surface area contributed by atoms with E-state index in [0.717, 1.165) is 10.1 Å². The van der Waals surface area contributed by atoms with Gasteiger partial charge >= 0.3 is 5.76 Å². The average Bonchev–Trinajstić information content (AvgIpc) is 2.84. The van der Waals surface area contributed by atoms with Crippen LogP contribution in [0, 0.1) is 17.0 Å². The summed E-state index contributed by atoms with van der Waals surface area (Å²) in [6.45, 7) is 1.62. The molecule has 0 saturated heterocycles. The fourth-order valence-electron chi connectivity index (χ4n) is 2.29. The number of nitro benzene ring substituents is 1. The van der Waals surface area contributed by atoms with Crippen LogP contribution in [0.1, 0.15) is 5.56 Å². The van der Waals surface area contributed by atoms with E-state index in [0.29, 0.717) is 5.69 Å². The van der Waals surface area contributed by atoms with Crippen LogP contribution in [0.2, 0.25) is 0 Å². The van der Waals surface area contributed by atoms with Gasteiger partial charge < -0.3 is 9.73 Å². The third-order valence-corrected chi connectivity index (χ3v) is 3.50. The lowest BCUT2D eigenvalue weighted by Gasteiger charge is -2.06. The fraction of sp³-hybridized carbons (Fsp3) is 0.125. The number of nitro groups is 1. The molecule has 1 amide bonds. The molecule has 0 unspecified atom stereocenters. The number of aromatic nitrogens is 1. The van der Waals surface area contributed by atoms with Crippen LogP contribution in [-0.4, -0.2) is 15.4 Å². The molecule has 1 N–H and O–H groups in total. The van der Waals surface area contributed by atoms with Crippen molar-refractivity contribution in [3.05, 3.63) is 68.7 Å². The summed E-state index contributed by atoms with van der Waals surface area (Å²) in [5.74, 6) is -1.18. The van der Waals surface area contributed by atoms with Crippen molar-refractivity contribution in [1.29, 1.82) is 0 Å². The molecule has 24 heavy (non-hydrogen) atoms. The number of carbonyl (C=O) groups excluding carboxylic acids is 1. The molecule has 0 aliphatic carbocycles. The molecule has 1 heterocycles. The number of carbonyl (C=O) groups is 1. The second-order valence-electron chi connectivity index (χ2n) is 5.28. The zero-order valence-electron chi connectivity index (χ0n) is 12.7. The number of fused-ring (bicyclic) bond motifs is 1. The van der Waals surface area contributed by atoms with Crippen LogP contribution < -0.4 is 11.1 Å². The molecule has 3 rings (SSSR count). The van der Waals surface area contributed by atoms with Gasteiger partial charge in [-0.15, -0.1) is 0 Å². The van der Waals surface area contributed by atoms with Crippen molar-refractivity contribution >= 4 is 28.4 Å². The van der Waals surface area contributed by atoms with Crippen LogP contribution in [0.25, 0.3) is 11.1 Å². The van der Waals surface area contributed by atoms with Gasteiger partial charge in [0.15, 0.2) is 5.58 Å². The second-order valence-corrected chi connectivity index (χ2v) is 5.28. The van der Waals surface area contributed by atoms with Crippen LogP contribution in [0.15, 0.2) is 51.7 Å². The second kappa shape index (κ2) is 5.99. The van der Waals surface area contributed by atoms with Crippen LogP contribution >= 0.6 is 0 Å². The zero-order valence-corrected chi connectivity index (χ0v) is 12.7. The minimum atomic E-state index is -0.746. The summed E-state index contributed by atoms with van der Waals surface area (Å²) in [6, 6.07) is 11.0. The highest BCUT2D eigenvalue weighted by molar-refractivity contribution is 5.91. The quantitative estimate of drug-likeness (QED) is 0.585. The van der Waals surface area contributed by atoms with E-state index in [1.165, 1.54) is 18.2 Å². The summed E-state index contributed by atoms with van der Waals surface area (Å²) in [7, 11) is 0. The number of anilines is 1. The summed E-state index contributed by atoms with van der Waals surface area (Å²) in [5.41, 5.74) is 1.85. The van der Waals surface area contributed by atoms with E-state index in [9.17, 15) is 19.7 Å². The van der Waals surface area contributed by atoms with E-state index < -0.39 is 16.6 Å². The normalized spacial score (nSPS) is 10.7. The van der Waals surface area contributed by atoms with Crippen molar-refractivity contribution in [2.75, 3.05) is 5.32 Å². The summed E-state index contributed by atoms with van der Waals surface area (Å²) in [6.07, 6.45) is 0. The first-order valence-corrected chi connectivity index (χ1v) is 7.08. The van der Waals surface area contributed by atoms with E-state index in [-0.39, 0.29) is 23.3 Å². The van der Waals surface area contributed by atoms with Gasteiger partial charge in [-0.25, -0.2) is 4.79 Å². The monoisotopic (exact) mass is 327 g/mol. The Morgan fingerprint density at radius 2 is 1.96 bits per heavy atom. The van der Waals surface area contributed by atoms with Gasteiger partial charge in [-0.05, 0) is 25.1 Å². The van der Waals surface area contributed by atoms with Gasteiger partial charge in [0.1, 0.15) is 6.54 Å². The zero-order chi connectivity index (χ0) is 17.3. The van der Waals surface area contributed by atoms with Gasteiger partial charge in [-0.3, -0.25) is 19.5 Å². The predicted octanol–water partition coefficient (Wildman–Crippen LogP) is 2.45. The third-order valence-electron chi connectivity index (χ3n) is 3.50. The molecule has 2 aromatic carbocycles. The number of rotatable bonds is 4. The molecule has 8 nitrogen and oxygen atoms in total. The molecule has 0 fully saturated rings. The molecule has 0 aliphatic heterocycles. The van der Waals surface area contributed by atoms with Gasteiger partial charge in [0, 0.05) is 17.8 Å². The summed E-state index contributed by atoms with van der Waals surface area (Å²) < 4.78 is 6.07. The molecular weight excluding hydrogens is 314 g/mol. The third kappa shape index (κ3) is 3.02. The maximum Gasteiger partial charge on any atom is 0.420 e. The van der Waals surface area contributed by atoms with Gasteiger partial charge in [0.05, 0.1) is 10.4 Å². The van der Waals surface area contributed by atoms with Crippen molar-refractivity contribution in [2.45, 2.75) is 13.5 Å². The number of non-ortho nitro benzene ring substituents is 1. The molecule has 0 spiro atoms. The Hall–Kier alpha value is -3.42. The molecule has 0 bridgehead atoms. The van der Waals surface area contributed by atoms with E-state index in [2.05, 4.69) is 5.32 Å². The molecule has 8 heteroatoms.